The van der Waals surface area contributed by atoms with Gasteiger partial charge in [0.2, 0.25) is 5.91 Å². The van der Waals surface area contributed by atoms with E-state index in [0.29, 0.717) is 13.0 Å². The number of hydrogen-bond donors (Lipinski definition) is 2. The highest BCUT2D eigenvalue weighted by Crippen LogP contribution is 2.24. The Bertz CT molecular complexity index is 336. The first kappa shape index (κ1) is 15.2. The Balaban J connectivity index is 2.32. The van der Waals surface area contributed by atoms with Gasteiger partial charge in [0.15, 0.2) is 0 Å². The second-order valence-corrected chi connectivity index (χ2v) is 5.75. The molecule has 0 aromatic carbocycles. The number of carbonyl (C=O) groups is 1. The van der Waals surface area contributed by atoms with Crippen LogP contribution in [-0.2, 0) is 11.2 Å². The molecule has 3 nitrogen and oxygen atoms in total. The maximum absolute atomic E-state index is 11.7. The first-order valence-corrected chi connectivity index (χ1v) is 7.43. The van der Waals surface area contributed by atoms with Crippen molar-refractivity contribution in [3.05, 3.63) is 22.4 Å². The lowest BCUT2D eigenvalue weighted by Crippen LogP contribution is -2.39. The molecule has 1 rings (SSSR count). The molecule has 0 atom stereocenters. The lowest BCUT2D eigenvalue weighted by molar-refractivity contribution is -0.121. The normalized spacial score (nSPS) is 11.5. The Morgan fingerprint density at radius 1 is 1.44 bits per heavy atom. The second-order valence-electron chi connectivity index (χ2n) is 4.72. The zero-order valence-corrected chi connectivity index (χ0v) is 12.1. The smallest absolute Gasteiger partial charge is 0.220 e. The number of aliphatic hydroxyl groups excluding tert-OH is 1. The molecule has 0 spiro atoms. The minimum atomic E-state index is -0.154. The van der Waals surface area contributed by atoms with Gasteiger partial charge in [-0.2, -0.15) is 0 Å². The quantitative estimate of drug-likeness (QED) is 0.762. The molecule has 2 N–H and O–H groups in total. The van der Waals surface area contributed by atoms with Gasteiger partial charge in [0.25, 0.3) is 0 Å². The molecule has 102 valence electrons. The lowest BCUT2D eigenvalue weighted by atomic mass is 9.83. The zero-order valence-electron chi connectivity index (χ0n) is 11.2. The number of hydrogen-bond acceptors (Lipinski definition) is 3. The molecule has 0 aliphatic heterocycles. The lowest BCUT2D eigenvalue weighted by Gasteiger charge is -2.29. The Hall–Kier alpha value is -0.870. The second kappa shape index (κ2) is 7.54. The van der Waals surface area contributed by atoms with E-state index in [9.17, 15) is 9.90 Å². The third kappa shape index (κ3) is 4.42. The summed E-state index contributed by atoms with van der Waals surface area (Å²) in [6.45, 7) is 4.81. The third-order valence-electron chi connectivity index (χ3n) is 3.67. The largest absolute Gasteiger partial charge is 0.396 e. The highest BCUT2D eigenvalue weighted by Gasteiger charge is 2.25. The van der Waals surface area contributed by atoms with Gasteiger partial charge in [-0.3, -0.25) is 4.79 Å². The average Bonchev–Trinajstić information content (AvgIpc) is 2.92. The molecule has 0 fully saturated rings. The topological polar surface area (TPSA) is 49.3 Å². The molecule has 0 saturated heterocycles. The van der Waals surface area contributed by atoms with Crippen molar-refractivity contribution in [1.82, 2.24) is 5.32 Å². The molecule has 0 aliphatic rings. The standard InChI is InChI=1S/C14H23NO2S/c1-3-14(4-2,11-16)10-15-13(17)8-7-12-6-5-9-18-12/h5-6,9,16H,3-4,7-8,10-11H2,1-2H3,(H,15,17). The van der Waals surface area contributed by atoms with Crippen molar-refractivity contribution in [2.45, 2.75) is 39.5 Å². The van der Waals surface area contributed by atoms with Crippen LogP contribution in [0.25, 0.3) is 0 Å². The van der Waals surface area contributed by atoms with E-state index in [1.54, 1.807) is 11.3 Å². The van der Waals surface area contributed by atoms with Gasteiger partial charge in [-0.25, -0.2) is 0 Å². The molecule has 1 aromatic rings. The predicted octanol–water partition coefficient (Wildman–Crippen LogP) is 2.60. The molecule has 0 aliphatic carbocycles. The van der Waals surface area contributed by atoms with Crippen LogP contribution in [0.4, 0.5) is 0 Å². The number of amides is 1. The van der Waals surface area contributed by atoms with E-state index in [1.165, 1.54) is 4.88 Å². The maximum atomic E-state index is 11.7. The number of carbonyl (C=O) groups excluding carboxylic acids is 1. The summed E-state index contributed by atoms with van der Waals surface area (Å²) in [4.78, 5) is 13.0. The van der Waals surface area contributed by atoms with Gasteiger partial charge in [0.1, 0.15) is 0 Å². The van der Waals surface area contributed by atoms with Crippen molar-refractivity contribution in [1.29, 1.82) is 0 Å². The van der Waals surface area contributed by atoms with Crippen LogP contribution in [0.1, 0.15) is 38.0 Å². The van der Waals surface area contributed by atoms with Crippen molar-refractivity contribution in [2.24, 2.45) is 5.41 Å². The molecule has 1 heterocycles. The maximum Gasteiger partial charge on any atom is 0.220 e. The van der Waals surface area contributed by atoms with E-state index in [4.69, 9.17) is 0 Å². The summed E-state index contributed by atoms with van der Waals surface area (Å²) in [6, 6.07) is 4.05. The summed E-state index contributed by atoms with van der Waals surface area (Å²) in [5.74, 6) is 0.0723. The first-order valence-electron chi connectivity index (χ1n) is 6.55. The predicted molar refractivity (Wildman–Crippen MR) is 75.8 cm³/mol. The Labute approximate surface area is 113 Å². The minimum Gasteiger partial charge on any atom is -0.396 e. The number of thiophene rings is 1. The van der Waals surface area contributed by atoms with E-state index in [0.717, 1.165) is 19.3 Å². The summed E-state index contributed by atoms with van der Waals surface area (Å²) < 4.78 is 0. The SMILES string of the molecule is CCC(CC)(CO)CNC(=O)CCc1cccs1. The Morgan fingerprint density at radius 2 is 2.17 bits per heavy atom. The highest BCUT2D eigenvalue weighted by atomic mass is 32.1. The molecule has 0 bridgehead atoms. The van der Waals surface area contributed by atoms with Gasteiger partial charge in [0.05, 0.1) is 6.61 Å². The zero-order chi connectivity index (χ0) is 13.4. The molecule has 0 saturated carbocycles. The summed E-state index contributed by atoms with van der Waals surface area (Å²) >= 11 is 1.68. The van der Waals surface area contributed by atoms with Crippen LogP contribution in [0.3, 0.4) is 0 Å². The van der Waals surface area contributed by atoms with Crippen LogP contribution in [-0.4, -0.2) is 24.2 Å². The van der Waals surface area contributed by atoms with Gasteiger partial charge in [-0.15, -0.1) is 11.3 Å². The van der Waals surface area contributed by atoms with Crippen molar-refractivity contribution in [2.75, 3.05) is 13.2 Å². The fourth-order valence-electron chi connectivity index (χ4n) is 1.85. The van der Waals surface area contributed by atoms with E-state index in [2.05, 4.69) is 19.2 Å². The van der Waals surface area contributed by atoms with Crippen molar-refractivity contribution in [3.63, 3.8) is 0 Å². The van der Waals surface area contributed by atoms with Crippen LogP contribution < -0.4 is 5.32 Å². The third-order valence-corrected chi connectivity index (χ3v) is 4.61. The molecular weight excluding hydrogens is 246 g/mol. The molecule has 4 heteroatoms. The number of rotatable bonds is 8. The Kier molecular flexibility index (Phi) is 6.36. The van der Waals surface area contributed by atoms with Crippen molar-refractivity contribution < 1.29 is 9.90 Å². The van der Waals surface area contributed by atoms with E-state index >= 15 is 0 Å². The number of nitrogens with one attached hydrogen (secondary N) is 1. The first-order chi connectivity index (χ1) is 8.65. The molecule has 0 radical (unpaired) electrons. The molecule has 18 heavy (non-hydrogen) atoms. The van der Waals surface area contributed by atoms with Crippen LogP contribution in [0, 0.1) is 5.41 Å². The van der Waals surface area contributed by atoms with Crippen molar-refractivity contribution >= 4 is 17.2 Å². The molecule has 0 unspecified atom stereocenters. The minimum absolute atomic E-state index is 0.0723. The van der Waals surface area contributed by atoms with Gasteiger partial charge < -0.3 is 10.4 Å². The monoisotopic (exact) mass is 269 g/mol. The van der Waals surface area contributed by atoms with E-state index in [1.807, 2.05) is 17.5 Å². The summed E-state index contributed by atoms with van der Waals surface area (Å²) in [5.41, 5.74) is -0.154. The fourth-order valence-corrected chi connectivity index (χ4v) is 2.55. The Morgan fingerprint density at radius 3 is 2.67 bits per heavy atom. The van der Waals surface area contributed by atoms with Gasteiger partial charge >= 0.3 is 0 Å². The van der Waals surface area contributed by atoms with Crippen LogP contribution in [0.5, 0.6) is 0 Å². The van der Waals surface area contributed by atoms with Crippen LogP contribution in [0.15, 0.2) is 17.5 Å². The fraction of sp³-hybridized carbons (Fsp3) is 0.643. The van der Waals surface area contributed by atoms with Crippen LogP contribution in [0.2, 0.25) is 0 Å². The number of aliphatic hydroxyl groups is 1. The molecule has 1 aromatic heterocycles. The molecule has 1 amide bonds. The summed E-state index contributed by atoms with van der Waals surface area (Å²) in [7, 11) is 0. The summed E-state index contributed by atoms with van der Waals surface area (Å²) in [6.07, 6.45) is 3.08. The highest BCUT2D eigenvalue weighted by molar-refractivity contribution is 7.09. The van der Waals surface area contributed by atoms with E-state index in [-0.39, 0.29) is 17.9 Å². The van der Waals surface area contributed by atoms with Gasteiger partial charge in [0, 0.05) is 23.3 Å². The van der Waals surface area contributed by atoms with E-state index < -0.39 is 0 Å². The van der Waals surface area contributed by atoms with Gasteiger partial charge in [-0.1, -0.05) is 19.9 Å². The molecular formula is C14H23NO2S. The van der Waals surface area contributed by atoms with Crippen LogP contribution >= 0.6 is 11.3 Å². The number of aryl methyl sites for hydroxylation is 1. The summed E-state index contributed by atoms with van der Waals surface area (Å²) in [5, 5.41) is 14.4. The van der Waals surface area contributed by atoms with Crippen molar-refractivity contribution in [3.8, 4) is 0 Å². The average molecular weight is 269 g/mol. The van der Waals surface area contributed by atoms with Gasteiger partial charge in [-0.05, 0) is 30.7 Å².